The van der Waals surface area contributed by atoms with Gasteiger partial charge in [0.1, 0.15) is 54.2 Å². The summed E-state index contributed by atoms with van der Waals surface area (Å²) in [7, 11) is -6.45. The van der Waals surface area contributed by atoms with E-state index in [1.165, 1.54) is 0 Å². The molecular weight excluding hydrogens is 400 g/mol. The first-order chi connectivity index (χ1) is 11.9. The maximum Gasteiger partial charge on any atom is 0.218 e. The number of hydrogen-bond acceptors (Lipinski definition) is 12. The Balaban J connectivity index is 2.95. The van der Waals surface area contributed by atoms with Crippen LogP contribution in [0.15, 0.2) is 0 Å². The van der Waals surface area contributed by atoms with Crippen molar-refractivity contribution >= 4 is 21.3 Å². The smallest absolute Gasteiger partial charge is 0.218 e. The molecule has 1 saturated heterocycles. The molecule has 0 aromatic rings. The van der Waals surface area contributed by atoms with Crippen LogP contribution in [0.1, 0.15) is 0 Å². The summed E-state index contributed by atoms with van der Waals surface area (Å²) in [5.74, 6) is -0.406. The molecule has 1 fully saturated rings. The van der Waals surface area contributed by atoms with Crippen molar-refractivity contribution in [3.8, 4) is 0 Å². The summed E-state index contributed by atoms with van der Waals surface area (Å²) >= 11 is 0. The van der Waals surface area contributed by atoms with Gasteiger partial charge in [-0.25, -0.2) is 8.42 Å². The fourth-order valence-corrected chi connectivity index (χ4v) is 5.82. The Kier molecular flexibility index (Phi) is 9.12. The fourth-order valence-electron chi connectivity index (χ4n) is 2.62. The van der Waals surface area contributed by atoms with E-state index in [2.05, 4.69) is 4.18 Å². The van der Waals surface area contributed by atoms with Crippen molar-refractivity contribution in [1.29, 1.82) is 0 Å². The van der Waals surface area contributed by atoms with Crippen LogP contribution in [0.5, 0.6) is 0 Å². The van der Waals surface area contributed by atoms with Crippen molar-refractivity contribution in [3.63, 3.8) is 0 Å². The minimum absolute atomic E-state index is 0.0296. The third-order valence-electron chi connectivity index (χ3n) is 4.03. The van der Waals surface area contributed by atoms with Gasteiger partial charge in [0.05, 0.1) is 13.2 Å². The molecule has 9 atom stereocenters. The molecule has 156 valence electrons. The summed E-state index contributed by atoms with van der Waals surface area (Å²) in [6.07, 6.45) is -12.8. The van der Waals surface area contributed by atoms with Crippen LogP contribution in [-0.4, -0.2) is 127 Å². The lowest BCUT2D eigenvalue weighted by Gasteiger charge is -2.31. The highest BCUT2D eigenvalue weighted by molar-refractivity contribution is 7.97. The van der Waals surface area contributed by atoms with Crippen molar-refractivity contribution in [1.82, 2.24) is 0 Å². The normalized spacial score (nSPS) is 32.8. The molecular formula is C12H24O12S2. The third-order valence-corrected chi connectivity index (χ3v) is 7.31. The molecule has 0 spiro atoms. The van der Waals surface area contributed by atoms with Gasteiger partial charge in [-0.3, -0.25) is 4.18 Å². The van der Waals surface area contributed by atoms with Crippen LogP contribution in [0.4, 0.5) is 0 Å². The van der Waals surface area contributed by atoms with Crippen LogP contribution in [0.25, 0.3) is 0 Å². The minimum Gasteiger partial charge on any atom is -0.726 e. The van der Waals surface area contributed by atoms with Gasteiger partial charge in [-0.15, -0.1) is 0 Å². The Morgan fingerprint density at radius 2 is 1.65 bits per heavy atom. The van der Waals surface area contributed by atoms with E-state index in [4.69, 9.17) is 5.11 Å². The van der Waals surface area contributed by atoms with Gasteiger partial charge in [-0.1, -0.05) is 0 Å². The molecule has 1 rings (SSSR count). The van der Waals surface area contributed by atoms with Crippen molar-refractivity contribution in [3.05, 3.63) is 0 Å². The molecule has 12 nitrogen and oxygen atoms in total. The van der Waals surface area contributed by atoms with E-state index >= 15 is 0 Å². The minimum atomic E-state index is -5.42. The van der Waals surface area contributed by atoms with E-state index in [1.54, 1.807) is 0 Å². The molecule has 0 aromatic heterocycles. The van der Waals surface area contributed by atoms with E-state index in [0.29, 0.717) is 0 Å². The van der Waals surface area contributed by atoms with Gasteiger partial charge in [0.15, 0.2) is 5.25 Å². The van der Waals surface area contributed by atoms with Gasteiger partial charge >= 0.3 is 0 Å². The molecule has 0 aromatic carbocycles. The highest BCUT2D eigenvalue weighted by Gasteiger charge is 2.51. The number of rotatable bonds is 10. The van der Waals surface area contributed by atoms with Gasteiger partial charge in [0.2, 0.25) is 10.4 Å². The summed E-state index contributed by atoms with van der Waals surface area (Å²) in [6.45, 7) is -1.53. The molecule has 8 N–H and O–H groups in total. The molecule has 1 heterocycles. The van der Waals surface area contributed by atoms with Gasteiger partial charge in [-0.05, 0) is 0 Å². The fraction of sp³-hybridized carbons (Fsp3) is 1.00. The van der Waals surface area contributed by atoms with E-state index in [1.807, 2.05) is 0 Å². The zero-order valence-corrected chi connectivity index (χ0v) is 15.1. The summed E-state index contributed by atoms with van der Waals surface area (Å²) in [6, 6.07) is 0. The maximum atomic E-state index is 10.9. The van der Waals surface area contributed by atoms with Crippen LogP contribution in [0.3, 0.4) is 0 Å². The average molecular weight is 424 g/mol. The predicted octanol–water partition coefficient (Wildman–Crippen LogP) is -6.02. The van der Waals surface area contributed by atoms with Crippen LogP contribution in [-0.2, 0) is 25.5 Å². The second-order valence-electron chi connectivity index (χ2n) is 5.92. The standard InChI is InChI=1S/C12H24O12S2/c13-1-5(15)10(19)11(20)12(24-26(21,22)23)7(17)4-25-3-6(16)9(18)8(25)2-14/h5-20H,1-4H2/t5?,6-,7?,8-,9+,10?,11?,12?,25?/m1/s1. The Morgan fingerprint density at radius 1 is 1.08 bits per heavy atom. The molecule has 6 unspecified atom stereocenters. The Labute approximate surface area is 152 Å². The number of hydrogen-bond donors (Lipinski definition) is 8. The summed E-state index contributed by atoms with van der Waals surface area (Å²) in [4.78, 5) is 0. The zero-order chi connectivity index (χ0) is 20.2. The van der Waals surface area contributed by atoms with E-state index in [-0.39, 0.29) is 11.5 Å². The molecule has 0 amide bonds. The van der Waals surface area contributed by atoms with Crippen molar-refractivity contribution in [2.24, 2.45) is 0 Å². The molecule has 0 aliphatic carbocycles. The number of aliphatic hydroxyl groups excluding tert-OH is 8. The van der Waals surface area contributed by atoms with Crippen molar-refractivity contribution in [2.45, 2.75) is 48.0 Å². The maximum absolute atomic E-state index is 10.9. The average Bonchev–Trinajstić information content (AvgIpc) is 2.82. The lowest BCUT2D eigenvalue weighted by molar-refractivity contribution is -0.129. The Hall–Kier alpha value is -0.100. The lowest BCUT2D eigenvalue weighted by atomic mass is 10.0. The third kappa shape index (κ3) is 6.22. The SMILES string of the molecule is O=S(=O)([O-])OC(C(O)C[S+]1C[C@@H](O)[C@H](O)[C@H]1CO)C(O)C(O)C(O)CO. The second kappa shape index (κ2) is 9.90. The molecule has 1 aliphatic heterocycles. The molecule has 0 radical (unpaired) electrons. The van der Waals surface area contributed by atoms with Crippen molar-refractivity contribution in [2.75, 3.05) is 24.7 Å². The van der Waals surface area contributed by atoms with E-state index in [9.17, 15) is 48.7 Å². The quantitative estimate of drug-likeness (QED) is 0.0931. The topological polar surface area (TPSA) is 228 Å². The lowest BCUT2D eigenvalue weighted by Crippen LogP contribution is -2.53. The highest BCUT2D eigenvalue weighted by atomic mass is 32.3. The van der Waals surface area contributed by atoms with Gasteiger partial charge in [-0.2, -0.15) is 0 Å². The van der Waals surface area contributed by atoms with Crippen LogP contribution in [0, 0.1) is 0 Å². The Morgan fingerprint density at radius 3 is 2.12 bits per heavy atom. The van der Waals surface area contributed by atoms with Crippen LogP contribution < -0.4 is 0 Å². The second-order valence-corrected chi connectivity index (χ2v) is 9.27. The molecule has 14 heteroatoms. The predicted molar refractivity (Wildman–Crippen MR) is 85.7 cm³/mol. The first kappa shape index (κ1) is 23.9. The Bertz CT molecular complexity index is 530. The first-order valence-corrected chi connectivity index (χ1v) is 10.5. The van der Waals surface area contributed by atoms with Gasteiger partial charge in [0, 0.05) is 10.9 Å². The highest BCUT2D eigenvalue weighted by Crippen LogP contribution is 2.26. The summed E-state index contributed by atoms with van der Waals surface area (Å²) < 4.78 is 36.7. The molecule has 1 aliphatic rings. The monoisotopic (exact) mass is 424 g/mol. The van der Waals surface area contributed by atoms with Gasteiger partial charge in [0.25, 0.3) is 0 Å². The molecule has 0 saturated carbocycles. The van der Waals surface area contributed by atoms with E-state index < -0.39 is 82.5 Å². The molecule has 26 heavy (non-hydrogen) atoms. The van der Waals surface area contributed by atoms with Crippen LogP contribution in [0.2, 0.25) is 0 Å². The molecule has 0 bridgehead atoms. The van der Waals surface area contributed by atoms with Crippen LogP contribution >= 0.6 is 0 Å². The van der Waals surface area contributed by atoms with E-state index in [0.717, 1.165) is 0 Å². The summed E-state index contributed by atoms with van der Waals surface area (Å²) in [5.41, 5.74) is 0. The van der Waals surface area contributed by atoms with Gasteiger partial charge < -0.3 is 45.4 Å². The largest absolute Gasteiger partial charge is 0.726 e. The number of aliphatic hydroxyl groups is 8. The first-order valence-electron chi connectivity index (χ1n) is 7.53. The van der Waals surface area contributed by atoms with Crippen molar-refractivity contribution < 1.29 is 58.0 Å². The summed E-state index contributed by atoms with van der Waals surface area (Å²) in [5, 5.41) is 75.8. The zero-order valence-electron chi connectivity index (χ0n) is 13.5.